The lowest BCUT2D eigenvalue weighted by atomic mass is 10.2. The van der Waals surface area contributed by atoms with E-state index in [9.17, 15) is 9.59 Å². The Kier molecular flexibility index (Phi) is 7.98. The molecular weight excluding hydrogens is 450 g/mol. The van der Waals surface area contributed by atoms with Crippen LogP contribution in [0.4, 0.5) is 17.2 Å². The van der Waals surface area contributed by atoms with Gasteiger partial charge in [-0.1, -0.05) is 30.0 Å². The first-order chi connectivity index (χ1) is 16.6. The number of hydrogen-bond acceptors (Lipinski definition) is 8. The Morgan fingerprint density at radius 2 is 1.62 bits per heavy atom. The van der Waals surface area contributed by atoms with E-state index in [1.54, 1.807) is 43.6 Å². The molecule has 34 heavy (non-hydrogen) atoms. The third-order valence-corrected chi connectivity index (χ3v) is 6.33. The van der Waals surface area contributed by atoms with Gasteiger partial charge >= 0.3 is 5.97 Å². The van der Waals surface area contributed by atoms with Gasteiger partial charge in [-0.05, 0) is 43.3 Å². The summed E-state index contributed by atoms with van der Waals surface area (Å²) in [5.41, 5.74) is 2.30. The summed E-state index contributed by atoms with van der Waals surface area (Å²) in [6, 6.07) is 17.0. The second-order valence-corrected chi connectivity index (χ2v) is 8.59. The van der Waals surface area contributed by atoms with Gasteiger partial charge in [-0.2, -0.15) is 0 Å². The van der Waals surface area contributed by atoms with Gasteiger partial charge in [0.05, 0.1) is 17.9 Å². The normalized spacial score (nSPS) is 13.4. The molecule has 3 aromatic rings. The summed E-state index contributed by atoms with van der Waals surface area (Å²) >= 11 is 1.36. The largest absolute Gasteiger partial charge is 0.462 e. The van der Waals surface area contributed by atoms with Crippen molar-refractivity contribution < 1.29 is 14.3 Å². The van der Waals surface area contributed by atoms with Gasteiger partial charge in [-0.3, -0.25) is 4.79 Å². The van der Waals surface area contributed by atoms with E-state index in [-0.39, 0.29) is 17.6 Å². The summed E-state index contributed by atoms with van der Waals surface area (Å²) in [5.74, 6) is 0.483. The maximum absolute atomic E-state index is 12.5. The lowest BCUT2D eigenvalue weighted by Gasteiger charge is -2.37. The smallest absolute Gasteiger partial charge is 0.338 e. The quantitative estimate of drug-likeness (QED) is 0.388. The van der Waals surface area contributed by atoms with Gasteiger partial charge in [-0.25, -0.2) is 14.8 Å². The number of anilines is 3. The first-order valence-corrected chi connectivity index (χ1v) is 12.2. The van der Waals surface area contributed by atoms with Crippen molar-refractivity contribution in [2.45, 2.75) is 11.9 Å². The van der Waals surface area contributed by atoms with Crippen molar-refractivity contribution in [3.63, 3.8) is 0 Å². The van der Waals surface area contributed by atoms with Crippen LogP contribution in [0.25, 0.3) is 0 Å². The van der Waals surface area contributed by atoms with Crippen molar-refractivity contribution in [2.75, 3.05) is 53.7 Å². The van der Waals surface area contributed by atoms with Crippen molar-refractivity contribution in [1.82, 2.24) is 9.97 Å². The number of nitrogens with zero attached hydrogens (tertiary/aromatic N) is 4. The van der Waals surface area contributed by atoms with E-state index < -0.39 is 0 Å². The second kappa shape index (κ2) is 11.5. The number of benzene rings is 2. The van der Waals surface area contributed by atoms with Crippen LogP contribution in [-0.2, 0) is 9.53 Å². The Balaban J connectivity index is 1.31. The molecule has 1 amide bonds. The minimum atomic E-state index is -0.379. The molecule has 1 aliphatic heterocycles. The van der Waals surface area contributed by atoms with Crippen molar-refractivity contribution in [3.05, 3.63) is 72.6 Å². The van der Waals surface area contributed by atoms with Crippen molar-refractivity contribution in [2.24, 2.45) is 0 Å². The van der Waals surface area contributed by atoms with Crippen molar-refractivity contribution >= 4 is 40.8 Å². The van der Waals surface area contributed by atoms with Crippen LogP contribution in [0.3, 0.4) is 0 Å². The maximum Gasteiger partial charge on any atom is 0.338 e. The number of thioether (sulfide) groups is 1. The van der Waals surface area contributed by atoms with Crippen LogP contribution in [0.15, 0.2) is 72.0 Å². The lowest BCUT2D eigenvalue weighted by Crippen LogP contribution is -2.47. The summed E-state index contributed by atoms with van der Waals surface area (Å²) in [6.45, 7) is 5.54. The molecule has 0 bridgehead atoms. The summed E-state index contributed by atoms with van der Waals surface area (Å²) in [6.07, 6.45) is 3.34. The first-order valence-electron chi connectivity index (χ1n) is 11.2. The predicted octanol–water partition coefficient (Wildman–Crippen LogP) is 3.71. The molecule has 2 aromatic carbocycles. The highest BCUT2D eigenvalue weighted by Crippen LogP contribution is 2.27. The summed E-state index contributed by atoms with van der Waals surface area (Å²) in [7, 11) is 0. The minimum Gasteiger partial charge on any atom is -0.462 e. The van der Waals surface area contributed by atoms with Crippen molar-refractivity contribution in [1.29, 1.82) is 0 Å². The van der Waals surface area contributed by atoms with Gasteiger partial charge in [0.1, 0.15) is 5.03 Å². The predicted molar refractivity (Wildman–Crippen MR) is 135 cm³/mol. The number of para-hydroxylation sites is 1. The molecule has 1 saturated heterocycles. The topological polar surface area (TPSA) is 87.7 Å². The zero-order chi connectivity index (χ0) is 23.8. The Labute approximate surface area is 203 Å². The Bertz CT molecular complexity index is 1100. The lowest BCUT2D eigenvalue weighted by molar-refractivity contribution is -0.113. The summed E-state index contributed by atoms with van der Waals surface area (Å²) < 4.78 is 4.98. The average molecular weight is 478 g/mol. The van der Waals surface area contributed by atoms with Crippen LogP contribution >= 0.6 is 11.8 Å². The summed E-state index contributed by atoms with van der Waals surface area (Å²) in [4.78, 5) is 37.9. The molecular formula is C25H27N5O3S. The number of piperazine rings is 1. The van der Waals surface area contributed by atoms with Gasteiger partial charge in [-0.15, -0.1) is 0 Å². The Morgan fingerprint density at radius 3 is 2.32 bits per heavy atom. The second-order valence-electron chi connectivity index (χ2n) is 7.63. The number of ether oxygens (including phenoxy) is 1. The van der Waals surface area contributed by atoms with E-state index >= 15 is 0 Å². The zero-order valence-corrected chi connectivity index (χ0v) is 19.8. The molecule has 0 aliphatic carbocycles. The monoisotopic (exact) mass is 477 g/mol. The highest BCUT2D eigenvalue weighted by atomic mass is 32.2. The number of rotatable bonds is 8. The molecule has 9 heteroatoms. The van der Waals surface area contributed by atoms with Gasteiger partial charge in [0.2, 0.25) is 5.91 Å². The fourth-order valence-corrected chi connectivity index (χ4v) is 4.47. The highest BCUT2D eigenvalue weighted by molar-refractivity contribution is 8.00. The first kappa shape index (κ1) is 23.6. The van der Waals surface area contributed by atoms with E-state index in [2.05, 4.69) is 49.4 Å². The number of amides is 1. The third-order valence-electron chi connectivity index (χ3n) is 5.37. The van der Waals surface area contributed by atoms with Crippen LogP contribution in [0.1, 0.15) is 17.3 Å². The molecule has 0 spiro atoms. The number of nitrogens with one attached hydrogen (secondary N) is 1. The number of hydrogen-bond donors (Lipinski definition) is 1. The van der Waals surface area contributed by atoms with E-state index in [1.807, 2.05) is 6.07 Å². The highest BCUT2D eigenvalue weighted by Gasteiger charge is 2.21. The molecule has 0 saturated carbocycles. The third kappa shape index (κ3) is 6.05. The van der Waals surface area contributed by atoms with E-state index in [4.69, 9.17) is 4.74 Å². The van der Waals surface area contributed by atoms with Gasteiger partial charge in [0, 0.05) is 49.9 Å². The zero-order valence-electron chi connectivity index (χ0n) is 19.0. The number of aromatic nitrogens is 2. The standard InChI is InChI=1S/C25H27N5O3S/c1-2-33-25(32)19-8-10-20(11-9-19)28-22(31)18-34-24-23(26-12-13-27-24)30-16-14-29(15-17-30)21-6-4-3-5-7-21/h3-13H,2,14-18H2,1H3,(H,28,31). The molecule has 0 unspecified atom stereocenters. The number of carbonyl (C=O) groups is 2. The SMILES string of the molecule is CCOC(=O)c1ccc(NC(=O)CSc2nccnc2N2CCN(c3ccccc3)CC2)cc1. The molecule has 1 aromatic heterocycles. The molecule has 1 N–H and O–H groups in total. The van der Waals surface area contributed by atoms with E-state index in [0.717, 1.165) is 37.0 Å². The fraction of sp³-hybridized carbons (Fsp3) is 0.280. The van der Waals surface area contributed by atoms with Crippen LogP contribution < -0.4 is 15.1 Å². The molecule has 4 rings (SSSR count). The van der Waals surface area contributed by atoms with Gasteiger partial charge < -0.3 is 19.9 Å². The van der Waals surface area contributed by atoms with Crippen LogP contribution in [0.5, 0.6) is 0 Å². The van der Waals surface area contributed by atoms with Crippen molar-refractivity contribution in [3.8, 4) is 0 Å². The summed E-state index contributed by atoms with van der Waals surface area (Å²) in [5, 5.41) is 3.59. The number of esters is 1. The van der Waals surface area contributed by atoms with Gasteiger partial charge in [0.15, 0.2) is 5.82 Å². The molecule has 176 valence electrons. The number of carbonyl (C=O) groups excluding carboxylic acids is 2. The fourth-order valence-electron chi connectivity index (χ4n) is 3.69. The van der Waals surface area contributed by atoms with Gasteiger partial charge in [0.25, 0.3) is 0 Å². The molecule has 2 heterocycles. The minimum absolute atomic E-state index is 0.153. The van der Waals surface area contributed by atoms with Crippen LogP contribution in [0, 0.1) is 0 Å². The van der Waals surface area contributed by atoms with E-state index in [0.29, 0.717) is 17.9 Å². The van der Waals surface area contributed by atoms with Crippen LogP contribution in [-0.4, -0.2) is 60.4 Å². The Hall–Kier alpha value is -3.59. The van der Waals surface area contributed by atoms with Crippen LogP contribution in [0.2, 0.25) is 0 Å². The Morgan fingerprint density at radius 1 is 0.941 bits per heavy atom. The maximum atomic E-state index is 12.5. The molecule has 0 radical (unpaired) electrons. The molecule has 0 atom stereocenters. The molecule has 1 fully saturated rings. The molecule has 1 aliphatic rings. The molecule has 8 nitrogen and oxygen atoms in total. The van der Waals surface area contributed by atoms with E-state index in [1.165, 1.54) is 17.4 Å². The average Bonchev–Trinajstić information content (AvgIpc) is 2.89.